The third-order valence-electron chi connectivity index (χ3n) is 1.88. The maximum atomic E-state index is 13.4. The fourth-order valence-corrected chi connectivity index (χ4v) is 3.10. The molecule has 0 spiro atoms. The molecule has 0 radical (unpaired) electrons. The average molecular weight is 260 g/mol. The highest BCUT2D eigenvalue weighted by atomic mass is 32.2. The molecule has 1 aromatic rings. The summed E-state index contributed by atoms with van der Waals surface area (Å²) in [5.74, 6) is -0.758. The van der Waals surface area contributed by atoms with Gasteiger partial charge < -0.3 is 5.73 Å². The largest absolute Gasteiger partial charge is 0.399 e. The summed E-state index contributed by atoms with van der Waals surface area (Å²) in [6, 6.07) is 3.83. The van der Waals surface area contributed by atoms with Crippen molar-refractivity contribution < 1.29 is 12.8 Å². The SMILES string of the molecule is CC(C)(C)CS(=O)(=O)Nc1ccc(N)cc1F. The van der Waals surface area contributed by atoms with Gasteiger partial charge in [0.2, 0.25) is 10.0 Å². The van der Waals surface area contributed by atoms with Gasteiger partial charge in [0.25, 0.3) is 0 Å². The number of anilines is 2. The van der Waals surface area contributed by atoms with Crippen LogP contribution in [-0.2, 0) is 10.0 Å². The van der Waals surface area contributed by atoms with Crippen LogP contribution in [0.2, 0.25) is 0 Å². The predicted molar refractivity (Wildman–Crippen MR) is 67.7 cm³/mol. The molecule has 0 aliphatic heterocycles. The Bertz CT molecular complexity index is 507. The van der Waals surface area contributed by atoms with Gasteiger partial charge in [-0.1, -0.05) is 20.8 Å². The number of nitrogen functional groups attached to an aromatic ring is 1. The molecule has 0 atom stereocenters. The topological polar surface area (TPSA) is 72.2 Å². The predicted octanol–water partition coefficient (Wildman–Crippen LogP) is 2.20. The van der Waals surface area contributed by atoms with Crippen molar-refractivity contribution >= 4 is 21.4 Å². The molecule has 0 aliphatic rings. The van der Waals surface area contributed by atoms with Crippen molar-refractivity contribution in [2.24, 2.45) is 5.41 Å². The Morgan fingerprint density at radius 2 is 1.94 bits per heavy atom. The van der Waals surface area contributed by atoms with Crippen LogP contribution >= 0.6 is 0 Å². The monoisotopic (exact) mass is 260 g/mol. The van der Waals surface area contributed by atoms with E-state index in [1.54, 1.807) is 20.8 Å². The first kappa shape index (κ1) is 13.8. The fourth-order valence-electron chi connectivity index (χ4n) is 1.39. The maximum absolute atomic E-state index is 13.4. The average Bonchev–Trinajstić information content (AvgIpc) is 2.05. The van der Waals surface area contributed by atoms with Gasteiger partial charge in [-0.05, 0) is 23.6 Å². The number of benzene rings is 1. The van der Waals surface area contributed by atoms with Gasteiger partial charge in [0.05, 0.1) is 11.4 Å². The van der Waals surface area contributed by atoms with Crippen LogP contribution in [0.5, 0.6) is 0 Å². The quantitative estimate of drug-likeness (QED) is 0.818. The molecular formula is C11H17FN2O2S. The van der Waals surface area contributed by atoms with Crippen molar-refractivity contribution in [3.05, 3.63) is 24.0 Å². The molecule has 1 aromatic carbocycles. The highest BCUT2D eigenvalue weighted by molar-refractivity contribution is 7.92. The first-order chi connectivity index (χ1) is 7.59. The first-order valence-corrected chi connectivity index (χ1v) is 6.80. The van der Waals surface area contributed by atoms with Crippen LogP contribution in [0.3, 0.4) is 0 Å². The standard InChI is InChI=1S/C11H17FN2O2S/c1-11(2,3)7-17(15,16)14-10-5-4-8(13)6-9(10)12/h4-6,14H,7,13H2,1-3H3. The van der Waals surface area contributed by atoms with Crippen LogP contribution in [0.15, 0.2) is 18.2 Å². The third-order valence-corrected chi connectivity index (χ3v) is 3.66. The third kappa shape index (κ3) is 4.60. The zero-order valence-corrected chi connectivity index (χ0v) is 10.9. The Kier molecular flexibility index (Phi) is 3.66. The van der Waals surface area contributed by atoms with Crippen LogP contribution in [0.25, 0.3) is 0 Å². The summed E-state index contributed by atoms with van der Waals surface area (Å²) in [5, 5.41) is 0. The van der Waals surface area contributed by atoms with Gasteiger partial charge in [0.1, 0.15) is 5.82 Å². The van der Waals surface area contributed by atoms with Crippen molar-refractivity contribution in [3.8, 4) is 0 Å². The summed E-state index contributed by atoms with van der Waals surface area (Å²) in [6.07, 6.45) is 0. The van der Waals surface area contributed by atoms with Crippen LogP contribution in [0, 0.1) is 11.2 Å². The van der Waals surface area contributed by atoms with Crippen molar-refractivity contribution in [3.63, 3.8) is 0 Å². The highest BCUT2D eigenvalue weighted by Gasteiger charge is 2.22. The van der Waals surface area contributed by atoms with E-state index in [1.165, 1.54) is 12.1 Å². The van der Waals surface area contributed by atoms with E-state index in [0.717, 1.165) is 6.07 Å². The molecular weight excluding hydrogens is 243 g/mol. The van der Waals surface area contributed by atoms with Gasteiger partial charge in [0, 0.05) is 5.69 Å². The van der Waals surface area contributed by atoms with E-state index in [-0.39, 0.29) is 17.1 Å². The first-order valence-electron chi connectivity index (χ1n) is 5.15. The maximum Gasteiger partial charge on any atom is 0.233 e. The van der Waals surface area contributed by atoms with Crippen LogP contribution < -0.4 is 10.5 Å². The minimum atomic E-state index is -3.56. The Morgan fingerprint density at radius 3 is 2.41 bits per heavy atom. The number of rotatable bonds is 3. The molecule has 1 rings (SSSR count). The molecule has 0 heterocycles. The van der Waals surface area contributed by atoms with E-state index >= 15 is 0 Å². The number of sulfonamides is 1. The minimum Gasteiger partial charge on any atom is -0.399 e. The van der Waals surface area contributed by atoms with Gasteiger partial charge >= 0.3 is 0 Å². The second-order valence-electron chi connectivity index (χ2n) is 5.16. The Hall–Kier alpha value is -1.30. The summed E-state index contributed by atoms with van der Waals surface area (Å²) in [4.78, 5) is 0. The molecule has 6 heteroatoms. The van der Waals surface area contributed by atoms with E-state index < -0.39 is 21.3 Å². The highest BCUT2D eigenvalue weighted by Crippen LogP contribution is 2.21. The molecule has 4 nitrogen and oxygen atoms in total. The lowest BCUT2D eigenvalue weighted by Gasteiger charge is -2.19. The Balaban J connectivity index is 2.91. The molecule has 0 amide bonds. The zero-order chi connectivity index (χ0) is 13.3. The van der Waals surface area contributed by atoms with Crippen molar-refractivity contribution in [2.75, 3.05) is 16.2 Å². The van der Waals surface area contributed by atoms with Gasteiger partial charge in [-0.25, -0.2) is 12.8 Å². The molecule has 0 unspecified atom stereocenters. The minimum absolute atomic E-state index is 0.0795. The fraction of sp³-hybridized carbons (Fsp3) is 0.455. The molecule has 3 N–H and O–H groups in total. The molecule has 0 saturated heterocycles. The van der Waals surface area contributed by atoms with E-state index in [2.05, 4.69) is 4.72 Å². The van der Waals surface area contributed by atoms with E-state index in [0.29, 0.717) is 0 Å². The van der Waals surface area contributed by atoms with Crippen molar-refractivity contribution in [2.45, 2.75) is 20.8 Å². The van der Waals surface area contributed by atoms with Gasteiger partial charge in [-0.3, -0.25) is 4.72 Å². The molecule has 0 fully saturated rings. The summed E-state index contributed by atoms with van der Waals surface area (Å²) in [5.41, 5.74) is 5.15. The molecule has 96 valence electrons. The number of hydrogen-bond acceptors (Lipinski definition) is 3. The number of halogens is 1. The summed E-state index contributed by atoms with van der Waals surface area (Å²) in [6.45, 7) is 5.39. The number of hydrogen-bond donors (Lipinski definition) is 2. The second kappa shape index (κ2) is 4.52. The van der Waals surface area contributed by atoms with Gasteiger partial charge in [-0.15, -0.1) is 0 Å². The molecule has 0 bridgehead atoms. The zero-order valence-electron chi connectivity index (χ0n) is 10.1. The van der Waals surface area contributed by atoms with Crippen molar-refractivity contribution in [1.29, 1.82) is 0 Å². The van der Waals surface area contributed by atoms with Gasteiger partial charge in [0.15, 0.2) is 0 Å². The van der Waals surface area contributed by atoms with E-state index in [9.17, 15) is 12.8 Å². The smallest absolute Gasteiger partial charge is 0.233 e. The lowest BCUT2D eigenvalue weighted by atomic mass is 10.0. The van der Waals surface area contributed by atoms with Gasteiger partial charge in [-0.2, -0.15) is 0 Å². The molecule has 17 heavy (non-hydrogen) atoms. The number of nitrogens with two attached hydrogens (primary N) is 1. The van der Waals surface area contributed by atoms with Crippen LogP contribution in [0.1, 0.15) is 20.8 Å². The normalized spacial score (nSPS) is 12.5. The number of nitrogens with one attached hydrogen (secondary N) is 1. The molecule has 0 aromatic heterocycles. The summed E-state index contributed by atoms with van der Waals surface area (Å²) in [7, 11) is -3.56. The second-order valence-corrected chi connectivity index (χ2v) is 6.88. The van der Waals surface area contributed by atoms with E-state index in [1.807, 2.05) is 0 Å². The lowest BCUT2D eigenvalue weighted by Crippen LogP contribution is -2.26. The van der Waals surface area contributed by atoms with Crippen molar-refractivity contribution in [1.82, 2.24) is 0 Å². The van der Waals surface area contributed by atoms with E-state index in [4.69, 9.17) is 5.73 Å². The summed E-state index contributed by atoms with van der Waals surface area (Å²) < 4.78 is 39.1. The Labute approximate surface area is 101 Å². The Morgan fingerprint density at radius 1 is 1.35 bits per heavy atom. The molecule has 0 aliphatic carbocycles. The molecule has 0 saturated carbocycles. The summed E-state index contributed by atoms with van der Waals surface area (Å²) >= 11 is 0. The van der Waals surface area contributed by atoms with Crippen LogP contribution in [0.4, 0.5) is 15.8 Å². The van der Waals surface area contributed by atoms with Crippen LogP contribution in [-0.4, -0.2) is 14.2 Å². The lowest BCUT2D eigenvalue weighted by molar-refractivity contribution is 0.463.